The number of sulfonamides is 1. The number of Topliss-reactive ketones (excluding diaryl/α,β-unsaturated/α-hetero) is 1. The van der Waals surface area contributed by atoms with E-state index < -0.39 is 16.1 Å². The molecule has 0 unspecified atom stereocenters. The molecule has 0 aromatic carbocycles. The van der Waals surface area contributed by atoms with Gasteiger partial charge in [-0.3, -0.25) is 4.79 Å². The van der Waals surface area contributed by atoms with Crippen molar-refractivity contribution in [3.63, 3.8) is 0 Å². The zero-order valence-corrected chi connectivity index (χ0v) is 6.44. The monoisotopic (exact) mass is 163 g/mol. The highest BCUT2D eigenvalue weighted by atomic mass is 32.2. The first-order valence-electron chi connectivity index (χ1n) is 3.02. The summed E-state index contributed by atoms with van der Waals surface area (Å²) in [6.07, 6.45) is 0.414. The third kappa shape index (κ3) is 1.54. The Labute approximate surface area is 59.7 Å². The zero-order valence-electron chi connectivity index (χ0n) is 5.62. The average Bonchev–Trinajstić information content (AvgIpc) is 2.10. The van der Waals surface area contributed by atoms with Crippen molar-refractivity contribution in [2.75, 3.05) is 5.75 Å². The number of rotatable bonds is 1. The van der Waals surface area contributed by atoms with Gasteiger partial charge in [-0.15, -0.1) is 0 Å². The molecular formula is C5H9NO3S. The summed E-state index contributed by atoms with van der Waals surface area (Å²) in [5.41, 5.74) is 0. The highest BCUT2D eigenvalue weighted by Crippen LogP contribution is 2.07. The van der Waals surface area contributed by atoms with E-state index in [1.165, 1.54) is 6.92 Å². The second kappa shape index (κ2) is 2.32. The van der Waals surface area contributed by atoms with Crippen LogP contribution in [0.3, 0.4) is 0 Å². The Morgan fingerprint density at radius 1 is 1.60 bits per heavy atom. The molecule has 0 aromatic heterocycles. The van der Waals surface area contributed by atoms with E-state index >= 15 is 0 Å². The fourth-order valence-electron chi connectivity index (χ4n) is 0.894. The van der Waals surface area contributed by atoms with Gasteiger partial charge in [0.2, 0.25) is 10.0 Å². The van der Waals surface area contributed by atoms with Crippen molar-refractivity contribution in [3.8, 4) is 0 Å². The molecule has 1 rings (SSSR count). The minimum Gasteiger partial charge on any atom is -0.298 e. The Bertz CT molecular complexity index is 244. The lowest BCUT2D eigenvalue weighted by Gasteiger charge is -2.00. The highest BCUT2D eigenvalue weighted by Gasteiger charge is 2.29. The summed E-state index contributed by atoms with van der Waals surface area (Å²) < 4.78 is 23.6. The average molecular weight is 163 g/mol. The molecule has 0 amide bonds. The second-order valence-corrected chi connectivity index (χ2v) is 4.26. The molecule has 58 valence electrons. The van der Waals surface area contributed by atoms with Crippen LogP contribution in [0.25, 0.3) is 0 Å². The van der Waals surface area contributed by atoms with Crippen LogP contribution in [-0.2, 0) is 14.8 Å². The van der Waals surface area contributed by atoms with Crippen LogP contribution in [0.2, 0.25) is 0 Å². The van der Waals surface area contributed by atoms with E-state index in [1.807, 2.05) is 0 Å². The number of nitrogens with one attached hydrogen (secondary N) is 1. The topological polar surface area (TPSA) is 63.2 Å². The predicted molar refractivity (Wildman–Crippen MR) is 36.0 cm³/mol. The largest absolute Gasteiger partial charge is 0.298 e. The molecule has 1 aliphatic rings. The first-order valence-corrected chi connectivity index (χ1v) is 4.67. The lowest BCUT2D eigenvalue weighted by atomic mass is 10.2. The SMILES string of the molecule is CC(=O)[C@@H]1CCS(=O)(=O)N1. The normalized spacial score (nSPS) is 30.3. The summed E-state index contributed by atoms with van der Waals surface area (Å²) in [5, 5.41) is 0. The molecule has 1 fully saturated rings. The highest BCUT2D eigenvalue weighted by molar-refractivity contribution is 7.89. The Morgan fingerprint density at radius 3 is 2.40 bits per heavy atom. The fraction of sp³-hybridized carbons (Fsp3) is 0.800. The van der Waals surface area contributed by atoms with E-state index in [9.17, 15) is 13.2 Å². The first-order chi connectivity index (χ1) is 4.51. The molecule has 1 heterocycles. The summed E-state index contributed by atoms with van der Waals surface area (Å²) in [6.45, 7) is 1.39. The molecule has 0 bridgehead atoms. The van der Waals surface area contributed by atoms with Crippen molar-refractivity contribution in [2.45, 2.75) is 19.4 Å². The number of hydrogen-bond donors (Lipinski definition) is 1. The van der Waals surface area contributed by atoms with E-state index in [4.69, 9.17) is 0 Å². The van der Waals surface area contributed by atoms with Crippen molar-refractivity contribution in [1.82, 2.24) is 4.72 Å². The van der Waals surface area contributed by atoms with Gasteiger partial charge in [0.25, 0.3) is 0 Å². The van der Waals surface area contributed by atoms with Gasteiger partial charge < -0.3 is 0 Å². The van der Waals surface area contributed by atoms with Crippen LogP contribution in [0, 0.1) is 0 Å². The van der Waals surface area contributed by atoms with Crippen LogP contribution in [0.5, 0.6) is 0 Å². The van der Waals surface area contributed by atoms with Crippen LogP contribution in [-0.4, -0.2) is 26.0 Å². The Hall–Kier alpha value is -0.420. The number of ketones is 1. The maximum absolute atomic E-state index is 10.7. The van der Waals surface area contributed by atoms with E-state index in [2.05, 4.69) is 4.72 Å². The van der Waals surface area contributed by atoms with E-state index in [-0.39, 0.29) is 11.5 Å². The number of hydrogen-bond acceptors (Lipinski definition) is 3. The van der Waals surface area contributed by atoms with Gasteiger partial charge in [-0.1, -0.05) is 0 Å². The van der Waals surface area contributed by atoms with Gasteiger partial charge in [-0.2, -0.15) is 0 Å². The molecule has 0 aliphatic carbocycles. The van der Waals surface area contributed by atoms with Crippen LogP contribution < -0.4 is 4.72 Å². The Balaban J connectivity index is 2.69. The maximum atomic E-state index is 10.7. The molecule has 1 saturated heterocycles. The lowest BCUT2D eigenvalue weighted by Crippen LogP contribution is -2.31. The molecule has 0 radical (unpaired) electrons. The minimum atomic E-state index is -3.11. The molecular weight excluding hydrogens is 154 g/mol. The molecule has 1 atom stereocenters. The Morgan fingerprint density at radius 2 is 2.20 bits per heavy atom. The van der Waals surface area contributed by atoms with Gasteiger partial charge in [0.05, 0.1) is 11.8 Å². The quantitative estimate of drug-likeness (QED) is 0.554. The van der Waals surface area contributed by atoms with Crippen molar-refractivity contribution >= 4 is 15.8 Å². The van der Waals surface area contributed by atoms with Gasteiger partial charge >= 0.3 is 0 Å². The van der Waals surface area contributed by atoms with Gasteiger partial charge in [0, 0.05) is 0 Å². The number of carbonyl (C=O) groups is 1. The van der Waals surface area contributed by atoms with E-state index in [0.29, 0.717) is 6.42 Å². The summed E-state index contributed by atoms with van der Waals surface area (Å²) in [5.74, 6) is -0.0295. The van der Waals surface area contributed by atoms with Gasteiger partial charge in [0.1, 0.15) is 5.78 Å². The third-order valence-corrected chi connectivity index (χ3v) is 2.90. The van der Waals surface area contributed by atoms with Crippen LogP contribution in [0.4, 0.5) is 0 Å². The van der Waals surface area contributed by atoms with Crippen molar-refractivity contribution < 1.29 is 13.2 Å². The van der Waals surface area contributed by atoms with Crippen LogP contribution in [0.1, 0.15) is 13.3 Å². The molecule has 4 nitrogen and oxygen atoms in total. The predicted octanol–water partition coefficient (Wildman–Crippen LogP) is -0.733. The zero-order chi connectivity index (χ0) is 7.78. The smallest absolute Gasteiger partial charge is 0.212 e. The van der Waals surface area contributed by atoms with Crippen molar-refractivity contribution in [2.24, 2.45) is 0 Å². The third-order valence-electron chi connectivity index (χ3n) is 1.49. The maximum Gasteiger partial charge on any atom is 0.212 e. The number of carbonyl (C=O) groups excluding carboxylic acids is 1. The molecule has 5 heteroatoms. The molecule has 0 saturated carbocycles. The minimum absolute atomic E-state index is 0.0806. The molecule has 0 spiro atoms. The standard InChI is InChI=1S/C5H9NO3S/c1-4(7)5-2-3-10(8,9)6-5/h5-6H,2-3H2,1H3/t5-/m0/s1. The summed E-state index contributed by atoms with van der Waals surface area (Å²) in [7, 11) is -3.11. The van der Waals surface area contributed by atoms with Gasteiger partial charge in [-0.05, 0) is 13.3 Å². The molecule has 10 heavy (non-hydrogen) atoms. The van der Waals surface area contributed by atoms with Crippen molar-refractivity contribution in [3.05, 3.63) is 0 Å². The molecule has 0 aromatic rings. The summed E-state index contributed by atoms with van der Waals surface area (Å²) in [6, 6.07) is -0.468. The lowest BCUT2D eigenvalue weighted by molar-refractivity contribution is -0.118. The Kier molecular flexibility index (Phi) is 1.78. The molecule has 1 N–H and O–H groups in total. The van der Waals surface area contributed by atoms with Gasteiger partial charge in [-0.25, -0.2) is 13.1 Å². The molecule has 1 aliphatic heterocycles. The van der Waals surface area contributed by atoms with Gasteiger partial charge in [0.15, 0.2) is 0 Å². The van der Waals surface area contributed by atoms with Crippen LogP contribution >= 0.6 is 0 Å². The van der Waals surface area contributed by atoms with E-state index in [0.717, 1.165) is 0 Å². The summed E-state index contributed by atoms with van der Waals surface area (Å²) >= 11 is 0. The van der Waals surface area contributed by atoms with Crippen molar-refractivity contribution in [1.29, 1.82) is 0 Å². The first kappa shape index (κ1) is 7.68. The summed E-state index contributed by atoms with van der Waals surface area (Å²) in [4.78, 5) is 10.6. The van der Waals surface area contributed by atoms with Crippen LogP contribution in [0.15, 0.2) is 0 Å². The van der Waals surface area contributed by atoms with E-state index in [1.54, 1.807) is 0 Å². The second-order valence-electron chi connectivity index (χ2n) is 2.39. The fourth-order valence-corrected chi connectivity index (χ4v) is 2.28.